The van der Waals surface area contributed by atoms with Gasteiger partial charge in [0.1, 0.15) is 17.6 Å². The van der Waals surface area contributed by atoms with E-state index < -0.39 is 0 Å². The number of carbonyl (C=O) groups excluding carboxylic acids is 1. The third-order valence-corrected chi connectivity index (χ3v) is 5.37. The summed E-state index contributed by atoms with van der Waals surface area (Å²) in [7, 11) is 0. The Bertz CT molecular complexity index is 954. The predicted molar refractivity (Wildman–Crippen MR) is 104 cm³/mol. The number of phenols is 2. The van der Waals surface area contributed by atoms with Crippen LogP contribution in [0.15, 0.2) is 60.7 Å². The number of phenolic OH excluding ortho intramolecular Hbond substituents is 2. The smallest absolute Gasteiger partial charge is 0.338 e. The van der Waals surface area contributed by atoms with Crippen molar-refractivity contribution in [1.29, 1.82) is 0 Å². The first-order valence-corrected chi connectivity index (χ1v) is 9.31. The summed E-state index contributed by atoms with van der Waals surface area (Å²) in [5, 5.41) is 20.7. The number of hydrogen-bond acceptors (Lipinski definition) is 4. The SMILES string of the molecule is O=C(OC1CCC(c2ccc(O)cc2)CC1)c1ccc2cc(O)ccc2c1. The van der Waals surface area contributed by atoms with E-state index >= 15 is 0 Å². The summed E-state index contributed by atoms with van der Waals surface area (Å²) in [6.45, 7) is 0. The van der Waals surface area contributed by atoms with E-state index in [1.54, 1.807) is 42.5 Å². The van der Waals surface area contributed by atoms with E-state index in [1.165, 1.54) is 5.56 Å². The van der Waals surface area contributed by atoms with Gasteiger partial charge in [-0.1, -0.05) is 24.3 Å². The lowest BCUT2D eigenvalue weighted by Gasteiger charge is -2.28. The second kappa shape index (κ2) is 7.31. The van der Waals surface area contributed by atoms with Crippen LogP contribution in [0.4, 0.5) is 0 Å². The zero-order chi connectivity index (χ0) is 18.8. The molecule has 1 aliphatic carbocycles. The van der Waals surface area contributed by atoms with E-state index in [4.69, 9.17) is 4.74 Å². The topological polar surface area (TPSA) is 66.8 Å². The summed E-state index contributed by atoms with van der Waals surface area (Å²) in [5.41, 5.74) is 1.77. The number of aromatic hydroxyl groups is 2. The quantitative estimate of drug-likeness (QED) is 0.634. The lowest BCUT2D eigenvalue weighted by atomic mass is 9.83. The van der Waals surface area contributed by atoms with Crippen LogP contribution in [0.1, 0.15) is 47.5 Å². The molecule has 4 rings (SSSR count). The monoisotopic (exact) mass is 362 g/mol. The molecule has 1 fully saturated rings. The standard InChI is InChI=1S/C23H22O4/c24-20-8-3-15(4-9-20)16-6-11-22(12-7-16)27-23(26)19-2-1-18-14-21(25)10-5-17(18)13-19/h1-5,8-10,13-14,16,22,24-25H,6-7,11-12H2. The molecule has 0 atom stereocenters. The fourth-order valence-electron chi connectivity index (χ4n) is 3.84. The van der Waals surface area contributed by atoms with Gasteiger partial charge in [-0.25, -0.2) is 4.79 Å². The number of carbonyl (C=O) groups is 1. The van der Waals surface area contributed by atoms with Gasteiger partial charge in [0.25, 0.3) is 0 Å². The minimum atomic E-state index is -0.293. The molecule has 0 radical (unpaired) electrons. The van der Waals surface area contributed by atoms with Crippen molar-refractivity contribution in [1.82, 2.24) is 0 Å². The minimum Gasteiger partial charge on any atom is -0.508 e. The van der Waals surface area contributed by atoms with Crippen molar-refractivity contribution in [2.75, 3.05) is 0 Å². The van der Waals surface area contributed by atoms with E-state index in [0.717, 1.165) is 36.5 Å². The third kappa shape index (κ3) is 3.90. The maximum absolute atomic E-state index is 12.5. The summed E-state index contributed by atoms with van der Waals surface area (Å²) in [6, 6.07) is 17.8. The van der Waals surface area contributed by atoms with E-state index in [2.05, 4.69) is 0 Å². The molecule has 3 aromatic carbocycles. The molecule has 3 aromatic rings. The fourth-order valence-corrected chi connectivity index (χ4v) is 3.84. The molecule has 138 valence electrons. The van der Waals surface area contributed by atoms with Crippen molar-refractivity contribution in [2.24, 2.45) is 0 Å². The number of benzene rings is 3. The van der Waals surface area contributed by atoms with E-state index in [9.17, 15) is 15.0 Å². The Morgan fingerprint density at radius 3 is 2.15 bits per heavy atom. The largest absolute Gasteiger partial charge is 0.508 e. The first-order chi connectivity index (χ1) is 13.1. The molecule has 0 aromatic heterocycles. The summed E-state index contributed by atoms with van der Waals surface area (Å²) >= 11 is 0. The Hall–Kier alpha value is -3.01. The number of hydrogen-bond donors (Lipinski definition) is 2. The second-order valence-electron chi connectivity index (χ2n) is 7.22. The average Bonchev–Trinajstić information content (AvgIpc) is 2.69. The van der Waals surface area contributed by atoms with E-state index in [-0.39, 0.29) is 23.6 Å². The molecule has 0 aliphatic heterocycles. The van der Waals surface area contributed by atoms with Gasteiger partial charge in [0, 0.05) is 0 Å². The first kappa shape index (κ1) is 17.4. The molecule has 1 aliphatic rings. The number of rotatable bonds is 3. The lowest BCUT2D eigenvalue weighted by Crippen LogP contribution is -2.23. The van der Waals surface area contributed by atoms with Crippen LogP contribution in [0.2, 0.25) is 0 Å². The zero-order valence-corrected chi connectivity index (χ0v) is 15.0. The van der Waals surface area contributed by atoms with Crippen LogP contribution in [-0.2, 0) is 4.74 Å². The summed E-state index contributed by atoms with van der Waals surface area (Å²) < 4.78 is 5.73. The first-order valence-electron chi connectivity index (χ1n) is 9.31. The van der Waals surface area contributed by atoms with E-state index in [1.807, 2.05) is 18.2 Å². The Morgan fingerprint density at radius 2 is 1.41 bits per heavy atom. The second-order valence-corrected chi connectivity index (χ2v) is 7.22. The molecule has 0 saturated heterocycles. The normalized spacial score (nSPS) is 19.7. The van der Waals surface area contributed by atoms with Crippen LogP contribution >= 0.6 is 0 Å². The Kier molecular flexibility index (Phi) is 4.71. The highest BCUT2D eigenvalue weighted by Gasteiger charge is 2.25. The molecule has 2 N–H and O–H groups in total. The van der Waals surface area contributed by atoms with Crippen molar-refractivity contribution in [3.8, 4) is 11.5 Å². The van der Waals surface area contributed by atoms with Crippen molar-refractivity contribution in [2.45, 2.75) is 37.7 Å². The lowest BCUT2D eigenvalue weighted by molar-refractivity contribution is 0.0195. The van der Waals surface area contributed by atoms with Gasteiger partial charge in [-0.05, 0) is 84.3 Å². The molecule has 0 heterocycles. The summed E-state index contributed by atoms with van der Waals surface area (Å²) in [4.78, 5) is 12.5. The van der Waals surface area contributed by atoms with Crippen molar-refractivity contribution in [3.05, 3.63) is 71.8 Å². The van der Waals surface area contributed by atoms with Gasteiger partial charge < -0.3 is 14.9 Å². The Morgan fingerprint density at radius 1 is 0.778 bits per heavy atom. The molecule has 0 amide bonds. The van der Waals surface area contributed by atoms with Gasteiger partial charge in [-0.15, -0.1) is 0 Å². The molecular formula is C23H22O4. The highest BCUT2D eigenvalue weighted by Crippen LogP contribution is 2.35. The predicted octanol–water partition coefficient (Wildman–Crippen LogP) is 5.13. The molecule has 1 saturated carbocycles. The molecule has 0 bridgehead atoms. The zero-order valence-electron chi connectivity index (χ0n) is 15.0. The van der Waals surface area contributed by atoms with Gasteiger partial charge in [0.15, 0.2) is 0 Å². The molecule has 0 unspecified atom stereocenters. The number of fused-ring (bicyclic) bond motifs is 1. The average molecular weight is 362 g/mol. The van der Waals surface area contributed by atoms with Gasteiger partial charge in [0.05, 0.1) is 5.56 Å². The maximum atomic E-state index is 12.5. The van der Waals surface area contributed by atoms with Gasteiger partial charge in [0.2, 0.25) is 0 Å². The third-order valence-electron chi connectivity index (χ3n) is 5.37. The van der Waals surface area contributed by atoms with Gasteiger partial charge in [-0.2, -0.15) is 0 Å². The van der Waals surface area contributed by atoms with Gasteiger partial charge in [-0.3, -0.25) is 0 Å². The molecular weight excluding hydrogens is 340 g/mol. The Labute approximate surface area is 158 Å². The Balaban J connectivity index is 1.38. The van der Waals surface area contributed by atoms with Crippen LogP contribution < -0.4 is 0 Å². The molecule has 4 nitrogen and oxygen atoms in total. The van der Waals surface area contributed by atoms with Crippen molar-refractivity contribution >= 4 is 16.7 Å². The van der Waals surface area contributed by atoms with Crippen LogP contribution in [0.5, 0.6) is 11.5 Å². The minimum absolute atomic E-state index is 0.0543. The number of ether oxygens (including phenoxy) is 1. The summed E-state index contributed by atoms with van der Waals surface area (Å²) in [6.07, 6.45) is 3.58. The summed E-state index contributed by atoms with van der Waals surface area (Å²) in [5.74, 6) is 0.655. The highest BCUT2D eigenvalue weighted by atomic mass is 16.5. The molecule has 27 heavy (non-hydrogen) atoms. The van der Waals surface area contributed by atoms with Crippen LogP contribution in [-0.4, -0.2) is 22.3 Å². The molecule has 4 heteroatoms. The van der Waals surface area contributed by atoms with Gasteiger partial charge >= 0.3 is 5.97 Å². The highest BCUT2D eigenvalue weighted by molar-refractivity contribution is 5.95. The molecule has 0 spiro atoms. The number of esters is 1. The van der Waals surface area contributed by atoms with Crippen molar-refractivity contribution < 1.29 is 19.7 Å². The van der Waals surface area contributed by atoms with E-state index in [0.29, 0.717) is 11.5 Å². The van der Waals surface area contributed by atoms with Crippen LogP contribution in [0.3, 0.4) is 0 Å². The van der Waals surface area contributed by atoms with Crippen LogP contribution in [0, 0.1) is 0 Å². The van der Waals surface area contributed by atoms with Crippen molar-refractivity contribution in [3.63, 3.8) is 0 Å². The maximum Gasteiger partial charge on any atom is 0.338 e. The van der Waals surface area contributed by atoms with Crippen LogP contribution in [0.25, 0.3) is 10.8 Å². The fraction of sp³-hybridized carbons (Fsp3) is 0.261.